The molecule has 0 unspecified atom stereocenters. The fraction of sp³-hybridized carbons (Fsp3) is 0.348. The van der Waals surface area contributed by atoms with Crippen LogP contribution in [0, 0.1) is 0 Å². The number of nitrogens with one attached hydrogen (secondary N) is 3. The molecule has 3 rings (SSSR count). The largest absolute Gasteiger partial charge is 0.351 e. The van der Waals surface area contributed by atoms with Gasteiger partial charge in [0, 0.05) is 40.1 Å². The number of halogens is 1. The predicted molar refractivity (Wildman–Crippen MR) is 133 cm³/mol. The fourth-order valence-corrected chi connectivity index (χ4v) is 3.66. The molecule has 3 aromatic rings. The van der Waals surface area contributed by atoms with Crippen LogP contribution < -0.4 is 16.0 Å². The predicted octanol–water partition coefficient (Wildman–Crippen LogP) is 2.54. The first kappa shape index (κ1) is 25.1. The lowest BCUT2D eigenvalue weighted by atomic mass is 10.3. The highest BCUT2D eigenvalue weighted by Crippen LogP contribution is 2.19. The summed E-state index contributed by atoms with van der Waals surface area (Å²) >= 11 is 6.00. The van der Waals surface area contributed by atoms with Crippen molar-refractivity contribution < 1.29 is 14.4 Å². The number of amides is 3. The second-order valence-electron chi connectivity index (χ2n) is 8.37. The van der Waals surface area contributed by atoms with E-state index in [0.29, 0.717) is 40.2 Å². The smallest absolute Gasteiger partial charge is 0.272 e. The Morgan fingerprint density at radius 3 is 1.88 bits per heavy atom. The first-order chi connectivity index (χ1) is 16.1. The normalized spacial score (nSPS) is 11.0. The first-order valence-corrected chi connectivity index (χ1v) is 11.1. The van der Waals surface area contributed by atoms with E-state index in [1.54, 1.807) is 71.5 Å². The van der Waals surface area contributed by atoms with Gasteiger partial charge >= 0.3 is 0 Å². The third-order valence-electron chi connectivity index (χ3n) is 5.35. The molecule has 0 saturated heterocycles. The molecule has 0 aromatic carbocycles. The van der Waals surface area contributed by atoms with Crippen LogP contribution in [0.25, 0.3) is 0 Å². The lowest BCUT2D eigenvalue weighted by molar-refractivity contribution is 0.0942. The zero-order chi connectivity index (χ0) is 25.0. The van der Waals surface area contributed by atoms with Gasteiger partial charge in [-0.3, -0.25) is 14.4 Å². The van der Waals surface area contributed by atoms with Gasteiger partial charge in [0.1, 0.15) is 22.2 Å². The van der Waals surface area contributed by atoms with Crippen LogP contribution in [0.2, 0.25) is 5.15 Å². The number of hydrogen-bond acceptors (Lipinski definition) is 4. The summed E-state index contributed by atoms with van der Waals surface area (Å²) in [4.78, 5) is 39.9. The molecular weight excluding hydrogens is 458 g/mol. The minimum atomic E-state index is -0.367. The van der Waals surface area contributed by atoms with E-state index in [1.807, 2.05) is 14.1 Å². The summed E-state index contributed by atoms with van der Waals surface area (Å²) in [7, 11) is 9.12. The lowest BCUT2D eigenvalue weighted by Gasteiger charge is -2.10. The van der Waals surface area contributed by atoms with Gasteiger partial charge in [-0.1, -0.05) is 11.6 Å². The van der Waals surface area contributed by atoms with Crippen molar-refractivity contribution in [2.24, 2.45) is 21.1 Å². The summed E-state index contributed by atoms with van der Waals surface area (Å²) in [5.74, 6) is -0.906. The zero-order valence-electron chi connectivity index (χ0n) is 20.0. The average Bonchev–Trinajstić information content (AvgIpc) is 3.42. The zero-order valence-corrected chi connectivity index (χ0v) is 20.7. The van der Waals surface area contributed by atoms with Crippen LogP contribution in [0.4, 0.5) is 11.4 Å². The maximum atomic E-state index is 12.8. The molecule has 3 heterocycles. The van der Waals surface area contributed by atoms with Crippen molar-refractivity contribution in [3.8, 4) is 0 Å². The molecule has 0 aliphatic rings. The monoisotopic (exact) mass is 487 g/mol. The highest BCUT2D eigenvalue weighted by molar-refractivity contribution is 6.30. The average molecular weight is 488 g/mol. The molecule has 10 nitrogen and oxygen atoms in total. The van der Waals surface area contributed by atoms with Crippen molar-refractivity contribution in [2.45, 2.75) is 6.42 Å². The summed E-state index contributed by atoms with van der Waals surface area (Å²) in [5, 5.41) is 8.92. The summed E-state index contributed by atoms with van der Waals surface area (Å²) in [6.07, 6.45) is 4.17. The van der Waals surface area contributed by atoms with Crippen molar-refractivity contribution in [1.82, 2.24) is 23.9 Å². The second-order valence-corrected chi connectivity index (χ2v) is 8.76. The van der Waals surface area contributed by atoms with Crippen LogP contribution in [-0.2, 0) is 21.1 Å². The number of aryl methyl sites for hydroxylation is 2. The van der Waals surface area contributed by atoms with Crippen LogP contribution in [0.3, 0.4) is 0 Å². The number of anilines is 2. The van der Waals surface area contributed by atoms with Crippen LogP contribution >= 0.6 is 11.6 Å². The number of rotatable bonds is 9. The molecule has 34 heavy (non-hydrogen) atoms. The minimum absolute atomic E-state index is 0.202. The Bertz CT molecular complexity index is 1210. The Morgan fingerprint density at radius 2 is 1.38 bits per heavy atom. The summed E-state index contributed by atoms with van der Waals surface area (Å²) in [5.41, 5.74) is 2.16. The summed E-state index contributed by atoms with van der Waals surface area (Å²) in [6, 6.07) is 6.47. The fourth-order valence-electron chi connectivity index (χ4n) is 3.51. The number of aromatic nitrogens is 3. The van der Waals surface area contributed by atoms with Crippen LogP contribution in [0.5, 0.6) is 0 Å². The molecule has 0 fully saturated rings. The van der Waals surface area contributed by atoms with Gasteiger partial charge in [0.25, 0.3) is 17.7 Å². The van der Waals surface area contributed by atoms with E-state index in [9.17, 15) is 14.4 Å². The van der Waals surface area contributed by atoms with Gasteiger partial charge in [-0.15, -0.1) is 0 Å². The minimum Gasteiger partial charge on any atom is -0.351 e. The molecule has 3 amide bonds. The standard InChI is InChI=1S/C23H30ClN7O3/c1-28(2)10-6-9-25-21(32)18-11-15(13-29(18)3)27-23(34)19-12-16(14-30(19)4)26-22(33)17-7-8-20(24)31(17)5/h7-8,11-14H,6,9-10H2,1-5H3,(H,25,32)(H,26,33)(H,27,34). The number of carbonyl (C=O) groups excluding carboxylic acids is 3. The Kier molecular flexibility index (Phi) is 7.85. The van der Waals surface area contributed by atoms with E-state index in [1.165, 1.54) is 0 Å². The molecule has 0 radical (unpaired) electrons. The SMILES string of the molecule is CN(C)CCCNC(=O)c1cc(NC(=O)c2cc(NC(=O)c3ccc(Cl)n3C)cn2C)cn1C. The van der Waals surface area contributed by atoms with Gasteiger partial charge in [-0.2, -0.15) is 0 Å². The second kappa shape index (κ2) is 10.6. The molecule has 3 aromatic heterocycles. The van der Waals surface area contributed by atoms with Crippen molar-refractivity contribution in [1.29, 1.82) is 0 Å². The highest BCUT2D eigenvalue weighted by Gasteiger charge is 2.18. The van der Waals surface area contributed by atoms with Gasteiger partial charge in [-0.25, -0.2) is 0 Å². The molecule has 0 bridgehead atoms. The third-order valence-corrected chi connectivity index (χ3v) is 5.73. The molecule has 0 saturated carbocycles. The van der Waals surface area contributed by atoms with E-state index in [2.05, 4.69) is 20.9 Å². The number of carbonyl (C=O) groups is 3. The van der Waals surface area contributed by atoms with Gasteiger partial charge in [0.05, 0.1) is 11.4 Å². The van der Waals surface area contributed by atoms with Gasteiger partial charge in [-0.05, 0) is 51.3 Å². The van der Waals surface area contributed by atoms with Crippen LogP contribution in [-0.4, -0.2) is 63.5 Å². The molecule has 0 aliphatic heterocycles. The molecule has 182 valence electrons. The summed E-state index contributed by atoms with van der Waals surface area (Å²) in [6.45, 7) is 1.45. The van der Waals surface area contributed by atoms with Crippen LogP contribution in [0.1, 0.15) is 37.9 Å². The highest BCUT2D eigenvalue weighted by atomic mass is 35.5. The quantitative estimate of drug-likeness (QED) is 0.403. The number of hydrogen-bond donors (Lipinski definition) is 3. The molecule has 3 N–H and O–H groups in total. The van der Waals surface area contributed by atoms with Crippen molar-refractivity contribution in [3.05, 3.63) is 58.9 Å². The van der Waals surface area contributed by atoms with E-state index < -0.39 is 0 Å². The van der Waals surface area contributed by atoms with Crippen LogP contribution in [0.15, 0.2) is 36.7 Å². The van der Waals surface area contributed by atoms with Gasteiger partial charge < -0.3 is 34.6 Å². The Hall–Kier alpha value is -3.50. The van der Waals surface area contributed by atoms with Gasteiger partial charge in [0.15, 0.2) is 0 Å². The molecule has 0 aliphatic carbocycles. The molecular formula is C23H30ClN7O3. The van der Waals surface area contributed by atoms with E-state index in [-0.39, 0.29) is 17.7 Å². The Labute approximate surface area is 203 Å². The third kappa shape index (κ3) is 5.89. The van der Waals surface area contributed by atoms with Crippen molar-refractivity contribution >= 4 is 40.7 Å². The first-order valence-electron chi connectivity index (χ1n) is 10.8. The number of nitrogens with zero attached hydrogens (tertiary/aromatic N) is 4. The van der Waals surface area contributed by atoms with E-state index in [4.69, 9.17) is 11.6 Å². The molecule has 0 spiro atoms. The van der Waals surface area contributed by atoms with E-state index in [0.717, 1.165) is 13.0 Å². The molecule has 0 atom stereocenters. The maximum absolute atomic E-state index is 12.8. The Balaban J connectivity index is 1.63. The van der Waals surface area contributed by atoms with E-state index >= 15 is 0 Å². The summed E-state index contributed by atoms with van der Waals surface area (Å²) < 4.78 is 4.85. The van der Waals surface area contributed by atoms with Crippen molar-refractivity contribution in [3.63, 3.8) is 0 Å². The van der Waals surface area contributed by atoms with Gasteiger partial charge in [0.2, 0.25) is 0 Å². The topological polar surface area (TPSA) is 105 Å². The lowest BCUT2D eigenvalue weighted by Crippen LogP contribution is -2.28. The molecule has 11 heteroatoms. The van der Waals surface area contributed by atoms with Crippen molar-refractivity contribution in [2.75, 3.05) is 37.8 Å². The Morgan fingerprint density at radius 1 is 0.853 bits per heavy atom. The maximum Gasteiger partial charge on any atom is 0.272 e.